The first-order valence-corrected chi connectivity index (χ1v) is 22.7. The van der Waals surface area contributed by atoms with Crippen molar-refractivity contribution in [1.29, 1.82) is 0 Å². The fourth-order valence-electron chi connectivity index (χ4n) is 6.42. The molecule has 10 N–H and O–H groups in total. The Morgan fingerprint density at radius 3 is 2.05 bits per heavy atom. The summed E-state index contributed by atoms with van der Waals surface area (Å²) in [6.07, 6.45) is -0.311. The van der Waals surface area contributed by atoms with E-state index in [-0.39, 0.29) is 83.9 Å². The number of carbonyl (C=O) groups excluding carboxylic acids is 3. The first-order chi connectivity index (χ1) is 30.7. The Balaban J connectivity index is 1.37. The summed E-state index contributed by atoms with van der Waals surface area (Å²) in [7, 11) is -4.28. The summed E-state index contributed by atoms with van der Waals surface area (Å²) in [5.41, 5.74) is -0.649. The fraction of sp³-hybridized carbons (Fsp3) is 0.641. The monoisotopic (exact) mass is 942 g/mol. The third-order valence-corrected chi connectivity index (χ3v) is 11.4. The zero-order valence-electron chi connectivity index (χ0n) is 36.6. The van der Waals surface area contributed by atoms with Crippen LogP contribution < -0.4 is 36.0 Å². The molecule has 25 nitrogen and oxygen atoms in total. The van der Waals surface area contributed by atoms with Crippen molar-refractivity contribution >= 4 is 57.8 Å². The largest absolute Gasteiger partial charge is 0.492 e. The van der Waals surface area contributed by atoms with Crippen molar-refractivity contribution in [3.05, 3.63) is 29.8 Å². The zero-order valence-corrected chi connectivity index (χ0v) is 37.4. The van der Waals surface area contributed by atoms with E-state index in [2.05, 4.69) is 31.6 Å². The summed E-state index contributed by atoms with van der Waals surface area (Å²) >= 11 is 0. The second-order valence-corrected chi connectivity index (χ2v) is 17.9. The molecule has 0 radical (unpaired) electrons. The highest BCUT2D eigenvalue weighted by atomic mass is 32.2. The van der Waals surface area contributed by atoms with E-state index >= 15 is 0 Å². The van der Waals surface area contributed by atoms with Gasteiger partial charge in [-0.3, -0.25) is 48.5 Å². The van der Waals surface area contributed by atoms with Gasteiger partial charge in [0.25, 0.3) is 5.91 Å². The van der Waals surface area contributed by atoms with Crippen LogP contribution in [0.1, 0.15) is 43.5 Å². The maximum absolute atomic E-state index is 12.8. The molecule has 65 heavy (non-hydrogen) atoms. The van der Waals surface area contributed by atoms with Crippen LogP contribution in [-0.4, -0.2) is 214 Å². The van der Waals surface area contributed by atoms with Gasteiger partial charge in [0.05, 0.1) is 32.0 Å². The van der Waals surface area contributed by atoms with Crippen LogP contribution >= 0.6 is 0 Å². The van der Waals surface area contributed by atoms with Gasteiger partial charge in [-0.25, -0.2) is 13.2 Å². The number of aliphatic imine (C=N–C) groups is 1. The number of rotatable bonds is 26. The standard InChI is InChI=1S/C39H62N10O15S/c1-39(2,25-45-31(50)9-8-30(36(58)59)49-18-16-47(23-32(51)52)14-15-48(17-19-49)24-33(53)54)26-64-38(60)43-13-21-65(61,62)46-29(35(56)57)22-44-34(55)27-4-6-28(7-5-27)63-20-12-42-37-40-10-3-11-41-37/h4-7,29-30,46H,3,8-26H2,1-2H3,(H,43,60)(H,44,55)(H,45,50)(H,51,52)(H,53,54)(H,56,57)(H,58,59)(H2,40,41,42). The maximum Gasteiger partial charge on any atom is 0.407 e. The first-order valence-electron chi connectivity index (χ1n) is 21.0. The number of nitrogens with one attached hydrogen (secondary N) is 6. The molecular formula is C39H62N10O15S. The van der Waals surface area contributed by atoms with Crippen LogP contribution in [0, 0.1) is 5.41 Å². The third-order valence-electron chi connectivity index (χ3n) is 9.99. The van der Waals surface area contributed by atoms with Crippen molar-refractivity contribution in [2.24, 2.45) is 10.4 Å². The zero-order chi connectivity index (χ0) is 48.0. The summed E-state index contributed by atoms with van der Waals surface area (Å²) < 4.78 is 38.2. The van der Waals surface area contributed by atoms with Crippen LogP contribution in [0.5, 0.6) is 5.75 Å². The minimum absolute atomic E-state index is 0.00717. The number of hydrogen-bond donors (Lipinski definition) is 10. The number of nitrogens with zero attached hydrogens (tertiary/aromatic N) is 4. The molecule has 0 aliphatic carbocycles. The van der Waals surface area contributed by atoms with Crippen LogP contribution in [0.15, 0.2) is 29.3 Å². The molecule has 1 aromatic carbocycles. The van der Waals surface area contributed by atoms with Crippen LogP contribution in [0.25, 0.3) is 0 Å². The molecule has 2 aliphatic heterocycles. The highest BCUT2D eigenvalue weighted by Crippen LogP contribution is 2.16. The van der Waals surface area contributed by atoms with E-state index in [0.717, 1.165) is 19.5 Å². The van der Waals surface area contributed by atoms with Gasteiger partial charge in [-0.2, -0.15) is 4.72 Å². The molecule has 1 aromatic rings. The lowest BCUT2D eigenvalue weighted by Gasteiger charge is -2.30. The normalized spacial score (nSPS) is 16.4. The van der Waals surface area contributed by atoms with E-state index in [0.29, 0.717) is 24.9 Å². The fourth-order valence-corrected chi connectivity index (χ4v) is 7.53. The lowest BCUT2D eigenvalue weighted by molar-refractivity contribution is -0.145. The summed E-state index contributed by atoms with van der Waals surface area (Å²) in [4.78, 5) is 93.9. The lowest BCUT2D eigenvalue weighted by Crippen LogP contribution is -2.49. The van der Waals surface area contributed by atoms with Crippen LogP contribution in [0.3, 0.4) is 0 Å². The topological polar surface area (TPSA) is 347 Å². The number of carboxylic acids is 4. The molecule has 0 bridgehead atoms. The van der Waals surface area contributed by atoms with Crippen LogP contribution in [-0.2, 0) is 38.7 Å². The summed E-state index contributed by atoms with van der Waals surface area (Å²) in [6, 6.07) is 3.21. The van der Waals surface area contributed by atoms with Gasteiger partial charge in [0, 0.05) is 89.4 Å². The van der Waals surface area contributed by atoms with E-state index in [9.17, 15) is 62.4 Å². The second-order valence-electron chi connectivity index (χ2n) is 16.1. The van der Waals surface area contributed by atoms with E-state index < -0.39 is 88.1 Å². The second kappa shape index (κ2) is 26.8. The molecule has 26 heteroatoms. The maximum atomic E-state index is 12.8. The molecule has 3 amide bonds. The molecule has 2 atom stereocenters. The molecule has 1 fully saturated rings. The van der Waals surface area contributed by atoms with Crippen molar-refractivity contribution in [1.82, 2.24) is 46.0 Å². The van der Waals surface area contributed by atoms with Gasteiger partial charge in [0.1, 0.15) is 24.4 Å². The van der Waals surface area contributed by atoms with Gasteiger partial charge < -0.3 is 56.5 Å². The average molecular weight is 943 g/mol. The average Bonchev–Trinajstić information content (AvgIpc) is 3.33. The Morgan fingerprint density at radius 2 is 1.48 bits per heavy atom. The van der Waals surface area contributed by atoms with Crippen LogP contribution in [0.2, 0.25) is 0 Å². The highest BCUT2D eigenvalue weighted by molar-refractivity contribution is 7.89. The third kappa shape index (κ3) is 21.6. The predicted molar refractivity (Wildman–Crippen MR) is 232 cm³/mol. The molecule has 2 unspecified atom stereocenters. The van der Waals surface area contributed by atoms with Gasteiger partial charge in [-0.15, -0.1) is 0 Å². The SMILES string of the molecule is CC(C)(CNC(=O)CCC(C(=O)O)N1CCN(CC(=O)O)CCN(CC(=O)O)CC1)COC(=O)NCCS(=O)(=O)NC(CNC(=O)c1ccc(OCCNC2=NCCCN2)cc1)C(=O)O. The molecule has 2 heterocycles. The number of carboxylic acid groups (broad SMARTS) is 4. The Hall–Kier alpha value is -5.83. The number of alkyl carbamates (subject to hydrolysis) is 1. The number of carbonyl (C=O) groups is 7. The quantitative estimate of drug-likeness (QED) is 0.0422. The molecule has 1 saturated heterocycles. The smallest absolute Gasteiger partial charge is 0.407 e. The Morgan fingerprint density at radius 1 is 0.846 bits per heavy atom. The molecule has 0 aromatic heterocycles. The number of guanidine groups is 1. The summed E-state index contributed by atoms with van der Waals surface area (Å²) in [6.45, 7) is 5.21. The van der Waals surface area contributed by atoms with Crippen molar-refractivity contribution in [3.63, 3.8) is 0 Å². The molecular weight excluding hydrogens is 881 g/mol. The molecule has 0 saturated carbocycles. The minimum Gasteiger partial charge on any atom is -0.492 e. The number of amides is 3. The van der Waals surface area contributed by atoms with Crippen molar-refractivity contribution < 1.29 is 71.9 Å². The van der Waals surface area contributed by atoms with Gasteiger partial charge in [-0.05, 0) is 37.1 Å². The van der Waals surface area contributed by atoms with E-state index in [4.69, 9.17) is 9.47 Å². The first kappa shape index (κ1) is 53.5. The number of aliphatic carboxylic acids is 4. The van der Waals surface area contributed by atoms with Gasteiger partial charge >= 0.3 is 30.0 Å². The summed E-state index contributed by atoms with van der Waals surface area (Å²) in [5.74, 6) is -5.58. The van der Waals surface area contributed by atoms with Crippen molar-refractivity contribution in [2.45, 2.75) is 45.2 Å². The Kier molecular flexibility index (Phi) is 22.1. The molecule has 2 aliphatic rings. The van der Waals surface area contributed by atoms with Crippen LogP contribution in [0.4, 0.5) is 4.79 Å². The number of sulfonamides is 1. The Bertz CT molecular complexity index is 1890. The van der Waals surface area contributed by atoms with E-state index in [1.807, 2.05) is 4.72 Å². The number of hydrogen-bond acceptors (Lipinski definition) is 17. The summed E-state index contributed by atoms with van der Waals surface area (Å²) in [5, 5.41) is 51.8. The van der Waals surface area contributed by atoms with E-state index in [1.54, 1.807) is 40.7 Å². The Labute approximate surface area is 376 Å². The molecule has 364 valence electrons. The number of benzene rings is 1. The van der Waals surface area contributed by atoms with E-state index in [1.165, 1.54) is 12.1 Å². The minimum atomic E-state index is -4.28. The molecule has 0 spiro atoms. The molecule has 3 rings (SSSR count). The van der Waals surface area contributed by atoms with Gasteiger partial charge in [-0.1, -0.05) is 13.8 Å². The van der Waals surface area contributed by atoms with Crippen molar-refractivity contribution in [2.75, 3.05) is 111 Å². The van der Waals surface area contributed by atoms with Gasteiger partial charge in [0.2, 0.25) is 15.9 Å². The lowest BCUT2D eigenvalue weighted by atomic mass is 9.95. The highest BCUT2D eigenvalue weighted by Gasteiger charge is 2.30. The van der Waals surface area contributed by atoms with Gasteiger partial charge in [0.15, 0.2) is 5.96 Å². The predicted octanol–water partition coefficient (Wildman–Crippen LogP) is -2.70. The van der Waals surface area contributed by atoms with Crippen molar-refractivity contribution in [3.8, 4) is 5.75 Å². The number of ether oxygens (including phenoxy) is 2.